The number of halogens is 2. The Morgan fingerprint density at radius 3 is 0.774 bits per heavy atom. The van der Waals surface area contributed by atoms with Gasteiger partial charge >= 0.3 is 330 Å². The first-order valence-corrected chi connectivity index (χ1v) is 42.8. The Hall–Kier alpha value is 0.359. The van der Waals surface area contributed by atoms with Gasteiger partial charge in [0.05, 0.1) is 83.1 Å². The Morgan fingerprint density at radius 1 is 0.266 bits per heavy atom. The van der Waals surface area contributed by atoms with Gasteiger partial charge in [-0.15, -0.1) is 10.2 Å². The van der Waals surface area contributed by atoms with Crippen molar-refractivity contribution in [2.45, 2.75) is 49.0 Å². The zero-order valence-electron chi connectivity index (χ0n) is 63.0. The number of anilines is 8. The van der Waals surface area contributed by atoms with Gasteiger partial charge in [-0.3, -0.25) is 0 Å². The molecule has 0 aliphatic carbocycles. The summed E-state index contributed by atoms with van der Waals surface area (Å²) < 4.78 is 377. The first kappa shape index (κ1) is 126. The molecule has 0 atom stereocenters. The molecule has 0 aliphatic heterocycles. The average molecular weight is 2130 g/mol. The number of azo groups is 2. The summed E-state index contributed by atoms with van der Waals surface area (Å²) in [6.07, 6.45) is 0. The van der Waals surface area contributed by atoms with Crippen LogP contribution in [0, 0.1) is 0 Å². The third kappa shape index (κ3) is 28.8. The predicted molar refractivity (Wildman–Crippen MR) is 351 cm³/mol. The summed E-state index contributed by atoms with van der Waals surface area (Å²) in [5.74, 6) is -11.8. The fraction of sp³-hybridized carbons (Fsp3) is 0. The van der Waals surface area contributed by atoms with Gasteiger partial charge in [0, 0.05) is 11.4 Å². The molecule has 0 spiro atoms. The summed E-state index contributed by atoms with van der Waals surface area (Å²) in [5.41, 5.74) is -11.0. The quantitative estimate of drug-likeness (QED) is 0.0278. The largest absolute Gasteiger partial charge is 2.00 e. The van der Waals surface area contributed by atoms with Crippen molar-refractivity contribution >= 4 is 237 Å². The average Bonchev–Trinajstić information content (AvgIpc) is 0.751. The van der Waals surface area contributed by atoms with E-state index in [1.807, 2.05) is 10.6 Å². The van der Waals surface area contributed by atoms with E-state index in [-0.39, 0.29) is 366 Å². The Morgan fingerprint density at radius 2 is 0.524 bits per heavy atom. The molecule has 124 heavy (non-hydrogen) atoms. The number of nitrogens with zero attached hydrogens (tertiary/aromatic N) is 10. The molecule has 11 rings (SSSR count). The van der Waals surface area contributed by atoms with Gasteiger partial charge in [0.25, 0.3) is 0 Å². The standard InChI is InChI=1S/C52H34Cl2N14O34S10.2Cu.10Na/c53-47-59-49(63-51(61-47)57-25-11-19(103(73,74)75)7-17-9-35(111(97,98)99)41(45(71)37(17)25)67-65-27-15-31(107(85,86)87)21-3-1-5-29(105(79,80)81)39(21)43(27)69)55-23-13-34(110(94,95)96)24(14-33(23)109(91,92)93)56-50-60-48(54)62-52(64-50)58-26-12-20(104(76,77)78)8-18-10-36(112(100,101)102)42(46(72)38(18)26)68-66-28-16-32(108(88,89)90)22-4-2-6-30(106(82,83)84)40(22)44(28)70;;;;;;;;;;;;/h1-16,69-72H,(H,73,74,75)(H,76,77,78)(H,79,80,81)(H,82,83,84)(H,85,86,87)(H,88,89,90)(H,91,92,93)(H,94,95,96)(H,97,98,99)(H,100,101,102)(H2,55,57,59,61,63)(H2,56,58,60,62,64);;;;;;;;;;;;/q;2*+2;10*+1/p-14. The minimum absolute atomic E-state index is 0. The number of nitrogens with one attached hydrogen (secondary N) is 4. The van der Waals surface area contributed by atoms with Crippen LogP contribution in [-0.2, 0) is 135 Å². The second-order valence-electron chi connectivity index (χ2n) is 21.8. The van der Waals surface area contributed by atoms with Gasteiger partial charge in [-0.2, -0.15) is 40.1 Å². The summed E-state index contributed by atoms with van der Waals surface area (Å²) in [5, 5.41) is 67.0. The summed E-state index contributed by atoms with van der Waals surface area (Å²) >= 11 is 12.2. The maximum absolute atomic E-state index is 14.5. The molecular weight excluding hydrogens is 2110 g/mol. The van der Waals surface area contributed by atoms with Gasteiger partial charge in [-0.05, 0) is 139 Å². The van der Waals surface area contributed by atoms with Gasteiger partial charge in [-0.1, -0.05) is 47.3 Å². The van der Waals surface area contributed by atoms with Crippen LogP contribution < -0.4 is 337 Å². The van der Waals surface area contributed by atoms with Crippen molar-refractivity contribution in [3.63, 3.8) is 0 Å². The van der Waals surface area contributed by atoms with Crippen LogP contribution in [0.2, 0.25) is 10.6 Å². The molecule has 2 heterocycles. The van der Waals surface area contributed by atoms with Crippen LogP contribution in [0.4, 0.5) is 69.3 Å². The number of fused-ring (bicyclic) bond motifs is 4. The van der Waals surface area contributed by atoms with Crippen molar-refractivity contribution in [3.8, 4) is 23.0 Å². The zero-order valence-corrected chi connectivity index (χ0v) is 94.6. The van der Waals surface area contributed by atoms with Crippen LogP contribution in [0.25, 0.3) is 43.1 Å². The molecule has 9 aromatic carbocycles. The second-order valence-corrected chi connectivity index (χ2v) is 36.1. The van der Waals surface area contributed by atoms with E-state index in [2.05, 4.69) is 61.0 Å². The third-order valence-electron chi connectivity index (χ3n) is 14.8. The van der Waals surface area contributed by atoms with E-state index in [0.29, 0.717) is 48.5 Å². The van der Waals surface area contributed by atoms with Crippen molar-refractivity contribution in [3.05, 3.63) is 108 Å². The number of benzene rings is 9. The van der Waals surface area contributed by atoms with E-state index < -0.39 is 296 Å². The normalized spacial score (nSPS) is 12.0. The van der Waals surface area contributed by atoms with Gasteiger partial charge in [0.15, 0.2) is 0 Å². The minimum atomic E-state index is -6.10. The molecule has 4 N–H and O–H groups in total. The molecule has 2 radical (unpaired) electrons. The zero-order chi connectivity index (χ0) is 83.0. The number of hydrogen-bond donors (Lipinski definition) is 4. The van der Waals surface area contributed by atoms with Crippen molar-refractivity contribution in [2.24, 2.45) is 20.5 Å². The first-order valence-electron chi connectivity index (χ1n) is 28.0. The van der Waals surface area contributed by atoms with Crippen molar-refractivity contribution in [1.82, 2.24) is 29.9 Å². The Kier molecular flexibility index (Phi) is 47.8. The number of rotatable bonds is 22. The molecule has 0 bridgehead atoms. The van der Waals surface area contributed by atoms with Crippen molar-refractivity contribution in [2.75, 3.05) is 21.3 Å². The topological polar surface area (TPSA) is 839 Å². The van der Waals surface area contributed by atoms with Gasteiger partial charge in [0.1, 0.15) is 101 Å². The van der Waals surface area contributed by atoms with E-state index in [1.165, 1.54) is 0 Å². The van der Waals surface area contributed by atoms with Gasteiger partial charge in [0.2, 0.25) is 34.4 Å². The maximum atomic E-state index is 14.5. The van der Waals surface area contributed by atoms with Crippen molar-refractivity contribution < 1.29 is 480 Å². The van der Waals surface area contributed by atoms with E-state index >= 15 is 0 Å². The minimum Gasteiger partial charge on any atom is -0.871 e. The van der Waals surface area contributed by atoms with E-state index in [9.17, 15) is 150 Å². The molecular formula is C52H20Cl2Cu2N14Na10O34S10. The second kappa shape index (κ2) is 46.9. The monoisotopic (exact) mass is 2130 g/mol. The fourth-order valence-electron chi connectivity index (χ4n) is 10.4. The van der Waals surface area contributed by atoms with Gasteiger partial charge in [-0.25, -0.2) is 84.2 Å². The first-order chi connectivity index (χ1) is 51.3. The van der Waals surface area contributed by atoms with E-state index in [0.717, 1.165) is 12.1 Å². The maximum Gasteiger partial charge on any atom is 2.00 e. The molecule has 608 valence electrons. The summed E-state index contributed by atoms with van der Waals surface area (Å²) in [6.45, 7) is 0. The Labute approximate surface area is 950 Å². The van der Waals surface area contributed by atoms with Crippen LogP contribution in [0.15, 0.2) is 166 Å². The SMILES string of the molecule is O=S(=O)([O-])c1cc(Nc2nc(Cl)nc(Nc3cc(S(=O)(=O)[O-])c(Nc4nc(Cl)nc(Nc5cc(S(=O)(=O)[O-])cc6cc(S(=O)(=O)[O-])c(N=Nc7cc(S(=O)(=O)[O-])c8cccc(S(=O)(=O)[O-])c8c7[O-])c([O-])c56)n4)cc3S(=O)(=O)[O-])n2)c2c([O-])c(N=Nc3cc(S(=O)(=O)[O-])c4cccc(S(=O)(=O)[O-])c4c3[O-])c(S(=O)(=O)[O-])cc2c1.[Cu+2].[Cu+2].[Na+].[Na+].[Na+].[Na+].[Na+].[Na+].[Na+].[Na+].[Na+].[Na+]. The molecule has 0 saturated carbocycles. The molecule has 48 nitrogen and oxygen atoms in total. The molecule has 0 fully saturated rings. The summed E-state index contributed by atoms with van der Waals surface area (Å²) in [6, 6.07) is 5.85. The Bertz CT molecular complexity index is 7030. The summed E-state index contributed by atoms with van der Waals surface area (Å²) in [4.78, 5) is 6.68. The van der Waals surface area contributed by atoms with Crippen LogP contribution >= 0.6 is 23.2 Å². The molecule has 2 aromatic heterocycles. The molecule has 0 unspecified atom stereocenters. The molecule has 72 heteroatoms. The third-order valence-corrected chi connectivity index (χ3v) is 23.7. The van der Waals surface area contributed by atoms with Crippen molar-refractivity contribution in [1.29, 1.82) is 0 Å². The van der Waals surface area contributed by atoms with Crippen LogP contribution in [-0.4, -0.2) is 160 Å². The molecule has 0 amide bonds. The van der Waals surface area contributed by atoms with Crippen LogP contribution in [0.3, 0.4) is 0 Å². The number of hydrogen-bond acceptors (Lipinski definition) is 48. The Balaban J connectivity index is 0. The predicted octanol–water partition coefficient (Wildman–Crippen LogP) is -28.8. The van der Waals surface area contributed by atoms with E-state index in [1.54, 1.807) is 0 Å². The fourth-order valence-corrected chi connectivity index (χ4v) is 17.2. The molecule has 0 aliphatic rings. The number of aromatic nitrogens is 6. The molecule has 11 aromatic rings. The van der Waals surface area contributed by atoms with Gasteiger partial charge < -0.3 is 87.2 Å². The molecule has 0 saturated heterocycles. The van der Waals surface area contributed by atoms with Crippen LogP contribution in [0.5, 0.6) is 23.0 Å². The summed E-state index contributed by atoms with van der Waals surface area (Å²) in [7, 11) is -59.0. The van der Waals surface area contributed by atoms with Crippen LogP contribution in [0.1, 0.15) is 0 Å². The van der Waals surface area contributed by atoms with E-state index in [4.69, 9.17) is 23.2 Å². The smallest absolute Gasteiger partial charge is 0.871 e.